The fourth-order valence-corrected chi connectivity index (χ4v) is 1.80. The Balaban J connectivity index is 1.95. The van der Waals surface area contributed by atoms with Crippen LogP contribution in [0.4, 0.5) is 5.69 Å². The van der Waals surface area contributed by atoms with E-state index in [2.05, 4.69) is 15.4 Å². The molecule has 1 aromatic heterocycles. The predicted molar refractivity (Wildman–Crippen MR) is 74.4 cm³/mol. The third-order valence-electron chi connectivity index (χ3n) is 2.81. The summed E-state index contributed by atoms with van der Waals surface area (Å²) in [6.45, 7) is 0.444. The third-order valence-corrected chi connectivity index (χ3v) is 2.81. The number of anilines is 1. The highest BCUT2D eigenvalue weighted by molar-refractivity contribution is 6.00. The predicted octanol–water partition coefficient (Wildman–Crippen LogP) is 0.378. The Morgan fingerprint density at radius 3 is 2.95 bits per heavy atom. The van der Waals surface area contributed by atoms with Crippen molar-refractivity contribution in [2.45, 2.75) is 6.42 Å². The summed E-state index contributed by atoms with van der Waals surface area (Å²) in [6.07, 6.45) is 2.19. The van der Waals surface area contributed by atoms with E-state index in [0.29, 0.717) is 35.8 Å². The first kappa shape index (κ1) is 13.9. The summed E-state index contributed by atoms with van der Waals surface area (Å²) >= 11 is 0. The van der Waals surface area contributed by atoms with E-state index in [1.165, 1.54) is 7.11 Å². The molecule has 7 nitrogen and oxygen atoms in total. The molecule has 7 heteroatoms. The van der Waals surface area contributed by atoms with Crippen molar-refractivity contribution in [3.8, 4) is 5.75 Å². The molecule has 1 amide bonds. The Morgan fingerprint density at radius 1 is 1.50 bits per heavy atom. The Hall–Kier alpha value is -2.57. The zero-order chi connectivity index (χ0) is 14.5. The molecule has 2 aromatic rings. The molecule has 1 heterocycles. The van der Waals surface area contributed by atoms with Gasteiger partial charge in [0, 0.05) is 20.0 Å². The summed E-state index contributed by atoms with van der Waals surface area (Å²) in [6, 6.07) is 5.10. The molecule has 0 atom stereocenters. The maximum atomic E-state index is 12.0. The minimum Gasteiger partial charge on any atom is -0.495 e. The largest absolute Gasteiger partial charge is 0.495 e. The summed E-state index contributed by atoms with van der Waals surface area (Å²) in [4.78, 5) is 16.1. The van der Waals surface area contributed by atoms with Gasteiger partial charge in [-0.1, -0.05) is 6.07 Å². The zero-order valence-electron chi connectivity index (χ0n) is 11.5. The van der Waals surface area contributed by atoms with Gasteiger partial charge in [0.1, 0.15) is 12.1 Å². The number of methoxy groups -OCH3 is 1. The minimum atomic E-state index is -0.239. The van der Waals surface area contributed by atoms with E-state index >= 15 is 0 Å². The molecule has 20 heavy (non-hydrogen) atoms. The van der Waals surface area contributed by atoms with Crippen molar-refractivity contribution in [1.82, 2.24) is 20.1 Å². The number of rotatable bonds is 5. The van der Waals surface area contributed by atoms with E-state index in [1.807, 2.05) is 0 Å². The number of nitrogens with one attached hydrogen (secondary N) is 1. The Bertz CT molecular complexity index is 609. The van der Waals surface area contributed by atoms with Crippen molar-refractivity contribution in [3.63, 3.8) is 0 Å². The molecule has 0 radical (unpaired) electrons. The topological polar surface area (TPSA) is 95.1 Å². The van der Waals surface area contributed by atoms with Gasteiger partial charge in [-0.3, -0.25) is 9.48 Å². The second kappa shape index (κ2) is 6.05. The molecule has 2 rings (SSSR count). The monoisotopic (exact) mass is 275 g/mol. The molecule has 0 aliphatic carbocycles. The third kappa shape index (κ3) is 3.05. The summed E-state index contributed by atoms with van der Waals surface area (Å²) in [5.74, 6) is 0.938. The van der Waals surface area contributed by atoms with Crippen molar-refractivity contribution in [2.24, 2.45) is 7.05 Å². The van der Waals surface area contributed by atoms with Crippen molar-refractivity contribution < 1.29 is 9.53 Å². The van der Waals surface area contributed by atoms with Crippen molar-refractivity contribution in [2.75, 3.05) is 19.4 Å². The standard InChI is InChI=1S/C13H17N5O2/c1-18-8-16-11(17-18)6-7-15-13(19)9-4-3-5-10(20-2)12(9)14/h3-5,8H,6-7,14H2,1-2H3,(H,15,19). The summed E-state index contributed by atoms with van der Waals surface area (Å²) in [7, 11) is 3.31. The van der Waals surface area contributed by atoms with Crippen LogP contribution in [-0.4, -0.2) is 34.3 Å². The van der Waals surface area contributed by atoms with E-state index < -0.39 is 0 Å². The van der Waals surface area contributed by atoms with Crippen molar-refractivity contribution >= 4 is 11.6 Å². The molecule has 106 valence electrons. The van der Waals surface area contributed by atoms with Gasteiger partial charge in [0.2, 0.25) is 0 Å². The number of carbonyl (C=O) groups is 1. The van der Waals surface area contributed by atoms with E-state index in [4.69, 9.17) is 10.5 Å². The number of amides is 1. The van der Waals surface area contributed by atoms with Gasteiger partial charge < -0.3 is 15.8 Å². The number of aryl methyl sites for hydroxylation is 1. The molecular formula is C13H17N5O2. The molecule has 0 saturated heterocycles. The Morgan fingerprint density at radius 2 is 2.30 bits per heavy atom. The molecule has 0 aliphatic heterocycles. The van der Waals surface area contributed by atoms with Crippen LogP contribution in [0, 0.1) is 0 Å². The highest BCUT2D eigenvalue weighted by atomic mass is 16.5. The number of hydrogen-bond donors (Lipinski definition) is 2. The molecule has 0 saturated carbocycles. The van der Waals surface area contributed by atoms with Crippen LogP contribution in [0.25, 0.3) is 0 Å². The maximum absolute atomic E-state index is 12.0. The number of aromatic nitrogens is 3. The first-order chi connectivity index (χ1) is 9.61. The van der Waals surface area contributed by atoms with Gasteiger partial charge in [-0.2, -0.15) is 5.10 Å². The summed E-state index contributed by atoms with van der Waals surface area (Å²) in [5.41, 5.74) is 6.60. The molecule has 1 aromatic carbocycles. The highest BCUT2D eigenvalue weighted by Gasteiger charge is 2.12. The van der Waals surface area contributed by atoms with E-state index in [9.17, 15) is 4.79 Å². The quantitative estimate of drug-likeness (QED) is 0.769. The lowest BCUT2D eigenvalue weighted by molar-refractivity contribution is 0.0954. The zero-order valence-corrected chi connectivity index (χ0v) is 11.5. The van der Waals surface area contributed by atoms with Gasteiger partial charge in [0.25, 0.3) is 5.91 Å². The lowest BCUT2D eigenvalue weighted by atomic mass is 10.1. The van der Waals surface area contributed by atoms with E-state index in [1.54, 1.807) is 36.3 Å². The fraction of sp³-hybridized carbons (Fsp3) is 0.308. The average molecular weight is 275 g/mol. The van der Waals surface area contributed by atoms with Crippen LogP contribution in [0.3, 0.4) is 0 Å². The number of para-hydroxylation sites is 1. The maximum Gasteiger partial charge on any atom is 0.253 e. The number of hydrogen-bond acceptors (Lipinski definition) is 5. The number of ether oxygens (including phenoxy) is 1. The van der Waals surface area contributed by atoms with Crippen LogP contribution in [0.1, 0.15) is 16.2 Å². The first-order valence-corrected chi connectivity index (χ1v) is 6.17. The van der Waals surface area contributed by atoms with Crippen molar-refractivity contribution in [3.05, 3.63) is 35.9 Å². The fourth-order valence-electron chi connectivity index (χ4n) is 1.80. The van der Waals surface area contributed by atoms with E-state index in [-0.39, 0.29) is 5.91 Å². The van der Waals surface area contributed by atoms with Gasteiger partial charge in [-0.25, -0.2) is 4.98 Å². The first-order valence-electron chi connectivity index (χ1n) is 6.17. The average Bonchev–Trinajstić information content (AvgIpc) is 2.84. The van der Waals surface area contributed by atoms with Crippen LogP contribution in [0.5, 0.6) is 5.75 Å². The molecule has 0 fully saturated rings. The van der Waals surface area contributed by atoms with Crippen LogP contribution in [0.2, 0.25) is 0 Å². The van der Waals surface area contributed by atoms with Gasteiger partial charge in [0.05, 0.1) is 18.4 Å². The number of nitrogens with zero attached hydrogens (tertiary/aromatic N) is 3. The minimum absolute atomic E-state index is 0.239. The second-order valence-corrected chi connectivity index (χ2v) is 4.26. The number of carbonyl (C=O) groups excluding carboxylic acids is 1. The van der Waals surface area contributed by atoms with Crippen LogP contribution in [0.15, 0.2) is 24.5 Å². The number of nitrogens with two attached hydrogens (primary N) is 1. The number of benzene rings is 1. The van der Waals surface area contributed by atoms with Crippen LogP contribution >= 0.6 is 0 Å². The van der Waals surface area contributed by atoms with Crippen LogP contribution in [-0.2, 0) is 13.5 Å². The van der Waals surface area contributed by atoms with E-state index in [0.717, 1.165) is 0 Å². The van der Waals surface area contributed by atoms with Crippen LogP contribution < -0.4 is 15.8 Å². The molecule has 0 aliphatic rings. The summed E-state index contributed by atoms with van der Waals surface area (Å²) < 4.78 is 6.71. The van der Waals surface area contributed by atoms with Gasteiger partial charge >= 0.3 is 0 Å². The molecule has 0 spiro atoms. The van der Waals surface area contributed by atoms with Gasteiger partial charge in [-0.15, -0.1) is 0 Å². The second-order valence-electron chi connectivity index (χ2n) is 4.26. The molecule has 3 N–H and O–H groups in total. The smallest absolute Gasteiger partial charge is 0.253 e. The lowest BCUT2D eigenvalue weighted by Gasteiger charge is -2.09. The SMILES string of the molecule is COc1cccc(C(=O)NCCc2ncn(C)n2)c1N. The van der Waals surface area contributed by atoms with Crippen molar-refractivity contribution in [1.29, 1.82) is 0 Å². The molecule has 0 bridgehead atoms. The highest BCUT2D eigenvalue weighted by Crippen LogP contribution is 2.24. The van der Waals surface area contributed by atoms with Gasteiger partial charge in [0.15, 0.2) is 5.82 Å². The molecule has 0 unspecified atom stereocenters. The Kier molecular flexibility index (Phi) is 4.19. The Labute approximate surface area is 116 Å². The molecular weight excluding hydrogens is 258 g/mol. The summed E-state index contributed by atoms with van der Waals surface area (Å²) in [5, 5.41) is 6.92. The lowest BCUT2D eigenvalue weighted by Crippen LogP contribution is -2.26. The number of nitrogen functional groups attached to an aromatic ring is 1. The normalized spacial score (nSPS) is 10.3. The van der Waals surface area contributed by atoms with Gasteiger partial charge in [-0.05, 0) is 12.1 Å².